The molecule has 0 atom stereocenters. The largest absolute Gasteiger partial charge is 0.495 e. The average molecular weight is 388 g/mol. The number of halogens is 1. The molecule has 3 aromatic carbocycles. The first-order chi connectivity index (χ1) is 14.2. The second kappa shape index (κ2) is 7.93. The number of carbonyl (C=O) groups excluding carboxylic acids is 1. The zero-order chi connectivity index (χ0) is 20.2. The number of anilines is 1. The van der Waals surface area contributed by atoms with Gasteiger partial charge in [0.2, 0.25) is 5.82 Å². The lowest BCUT2D eigenvalue weighted by atomic mass is 10.2. The van der Waals surface area contributed by atoms with Crippen LogP contribution in [0.5, 0.6) is 5.75 Å². The lowest BCUT2D eigenvalue weighted by Gasteiger charge is -2.08. The van der Waals surface area contributed by atoms with E-state index >= 15 is 0 Å². The number of para-hydroxylation sites is 2. The number of nitrogens with one attached hydrogen (secondary N) is 1. The van der Waals surface area contributed by atoms with Gasteiger partial charge in [-0.2, -0.15) is 0 Å². The molecule has 1 aromatic heterocycles. The number of benzene rings is 3. The smallest absolute Gasteiger partial charge is 0.295 e. The molecule has 0 aliphatic rings. The Morgan fingerprint density at radius 1 is 0.966 bits per heavy atom. The van der Waals surface area contributed by atoms with E-state index in [1.54, 1.807) is 30.3 Å². The Kier molecular flexibility index (Phi) is 5.03. The zero-order valence-electron chi connectivity index (χ0n) is 15.5. The van der Waals surface area contributed by atoms with Crippen LogP contribution in [0.15, 0.2) is 78.9 Å². The number of ether oxygens (including phenoxy) is 1. The van der Waals surface area contributed by atoms with E-state index in [1.807, 2.05) is 36.4 Å². The molecule has 7 heteroatoms. The fourth-order valence-corrected chi connectivity index (χ4v) is 2.87. The van der Waals surface area contributed by atoms with E-state index < -0.39 is 5.91 Å². The predicted octanol–water partition coefficient (Wildman–Crippen LogP) is 4.33. The summed E-state index contributed by atoms with van der Waals surface area (Å²) in [5.74, 6) is 0.153. The summed E-state index contributed by atoms with van der Waals surface area (Å²) in [6.45, 7) is 0. The van der Waals surface area contributed by atoms with Crippen molar-refractivity contribution >= 4 is 11.6 Å². The van der Waals surface area contributed by atoms with Gasteiger partial charge in [0, 0.05) is 5.56 Å². The van der Waals surface area contributed by atoms with Crippen LogP contribution in [0.4, 0.5) is 10.1 Å². The molecule has 0 aliphatic carbocycles. The summed E-state index contributed by atoms with van der Waals surface area (Å²) < 4.78 is 20.1. The highest BCUT2D eigenvalue weighted by Gasteiger charge is 2.19. The molecule has 4 aromatic rings. The van der Waals surface area contributed by atoms with Crippen LogP contribution >= 0.6 is 0 Å². The molecule has 1 heterocycles. The number of carbonyl (C=O) groups is 1. The van der Waals surface area contributed by atoms with Crippen LogP contribution < -0.4 is 10.1 Å². The maximum atomic E-state index is 13.4. The van der Waals surface area contributed by atoms with E-state index in [4.69, 9.17) is 4.74 Å². The second-order valence-electron chi connectivity index (χ2n) is 6.17. The molecular weight excluding hydrogens is 371 g/mol. The molecule has 29 heavy (non-hydrogen) atoms. The number of amides is 1. The van der Waals surface area contributed by atoms with Gasteiger partial charge in [-0.3, -0.25) is 4.79 Å². The van der Waals surface area contributed by atoms with Gasteiger partial charge in [0.05, 0.1) is 18.5 Å². The van der Waals surface area contributed by atoms with Crippen LogP contribution in [0.2, 0.25) is 0 Å². The Hall–Kier alpha value is -4.00. The Bertz CT molecular complexity index is 1140. The third-order valence-electron chi connectivity index (χ3n) is 4.27. The molecule has 0 aliphatic heterocycles. The summed E-state index contributed by atoms with van der Waals surface area (Å²) in [6, 6.07) is 22.3. The van der Waals surface area contributed by atoms with Crippen molar-refractivity contribution in [1.29, 1.82) is 0 Å². The van der Waals surface area contributed by atoms with Crippen molar-refractivity contribution in [2.75, 3.05) is 12.4 Å². The number of rotatable bonds is 5. The summed E-state index contributed by atoms with van der Waals surface area (Å²) in [6.07, 6.45) is 0. The van der Waals surface area contributed by atoms with Crippen molar-refractivity contribution in [3.05, 3.63) is 90.5 Å². The van der Waals surface area contributed by atoms with Crippen molar-refractivity contribution in [3.63, 3.8) is 0 Å². The van der Waals surface area contributed by atoms with E-state index in [2.05, 4.69) is 15.4 Å². The third kappa shape index (κ3) is 3.84. The maximum absolute atomic E-state index is 13.4. The number of nitrogens with zero attached hydrogens (tertiary/aromatic N) is 3. The quantitative estimate of drug-likeness (QED) is 0.552. The van der Waals surface area contributed by atoms with Crippen LogP contribution in [0, 0.1) is 5.82 Å². The summed E-state index contributed by atoms with van der Waals surface area (Å²) in [5.41, 5.74) is 1.88. The average Bonchev–Trinajstić information content (AvgIpc) is 3.21. The number of hydrogen-bond donors (Lipinski definition) is 1. The fraction of sp³-hybridized carbons (Fsp3) is 0.0455. The standard InChI is InChI=1S/C22H17FN4O2/c1-29-19-10-6-5-9-18(19)24-22(28)20-25-21(15-7-3-2-4-8-15)27(26-20)17-13-11-16(23)12-14-17/h2-14H,1H3,(H,24,28). The number of hydrogen-bond acceptors (Lipinski definition) is 4. The minimum Gasteiger partial charge on any atom is -0.495 e. The lowest BCUT2D eigenvalue weighted by molar-refractivity contribution is 0.101. The van der Waals surface area contributed by atoms with Gasteiger partial charge in [0.25, 0.3) is 5.91 Å². The normalized spacial score (nSPS) is 10.6. The minimum atomic E-state index is -0.479. The number of aromatic nitrogens is 3. The Morgan fingerprint density at radius 3 is 2.38 bits per heavy atom. The molecular formula is C22H17FN4O2. The molecule has 1 amide bonds. The van der Waals surface area contributed by atoms with Gasteiger partial charge in [-0.25, -0.2) is 14.1 Å². The molecule has 4 rings (SSSR count). The number of methoxy groups -OCH3 is 1. The van der Waals surface area contributed by atoms with Crippen LogP contribution in [-0.4, -0.2) is 27.8 Å². The van der Waals surface area contributed by atoms with Gasteiger partial charge >= 0.3 is 0 Å². The molecule has 0 saturated carbocycles. The van der Waals surface area contributed by atoms with Gasteiger partial charge in [0.1, 0.15) is 11.6 Å². The first-order valence-corrected chi connectivity index (χ1v) is 8.88. The van der Waals surface area contributed by atoms with Crippen LogP contribution in [0.3, 0.4) is 0 Å². The minimum absolute atomic E-state index is 0.0147. The molecule has 1 N–H and O–H groups in total. The highest BCUT2D eigenvalue weighted by atomic mass is 19.1. The van der Waals surface area contributed by atoms with E-state index in [0.717, 1.165) is 5.56 Å². The molecule has 0 spiro atoms. The first-order valence-electron chi connectivity index (χ1n) is 8.88. The molecule has 0 unspecified atom stereocenters. The van der Waals surface area contributed by atoms with Crippen molar-refractivity contribution < 1.29 is 13.9 Å². The monoisotopic (exact) mass is 388 g/mol. The van der Waals surface area contributed by atoms with Crippen LogP contribution in [0.25, 0.3) is 17.1 Å². The van der Waals surface area contributed by atoms with Gasteiger partial charge < -0.3 is 10.1 Å². The highest BCUT2D eigenvalue weighted by Crippen LogP contribution is 2.25. The summed E-state index contributed by atoms with van der Waals surface area (Å²) >= 11 is 0. The van der Waals surface area contributed by atoms with Gasteiger partial charge in [0.15, 0.2) is 5.82 Å². The first kappa shape index (κ1) is 18.4. The Morgan fingerprint density at radius 2 is 1.66 bits per heavy atom. The fourth-order valence-electron chi connectivity index (χ4n) is 2.87. The summed E-state index contributed by atoms with van der Waals surface area (Å²) in [7, 11) is 1.53. The summed E-state index contributed by atoms with van der Waals surface area (Å²) in [4.78, 5) is 17.2. The van der Waals surface area contributed by atoms with Gasteiger partial charge in [-0.05, 0) is 36.4 Å². The Labute approximate surface area is 166 Å². The Balaban J connectivity index is 1.74. The second-order valence-corrected chi connectivity index (χ2v) is 6.17. The molecule has 0 radical (unpaired) electrons. The highest BCUT2D eigenvalue weighted by molar-refractivity contribution is 6.02. The van der Waals surface area contributed by atoms with E-state index in [0.29, 0.717) is 22.9 Å². The molecule has 144 valence electrons. The lowest BCUT2D eigenvalue weighted by Crippen LogP contribution is -2.15. The van der Waals surface area contributed by atoms with Crippen molar-refractivity contribution in [3.8, 4) is 22.8 Å². The van der Waals surface area contributed by atoms with Gasteiger partial charge in [-0.15, -0.1) is 5.10 Å². The molecule has 0 bridgehead atoms. The molecule has 6 nitrogen and oxygen atoms in total. The molecule has 0 fully saturated rings. The third-order valence-corrected chi connectivity index (χ3v) is 4.27. The van der Waals surface area contributed by atoms with E-state index in [9.17, 15) is 9.18 Å². The van der Waals surface area contributed by atoms with Crippen LogP contribution in [-0.2, 0) is 0 Å². The van der Waals surface area contributed by atoms with Gasteiger partial charge in [-0.1, -0.05) is 42.5 Å². The van der Waals surface area contributed by atoms with E-state index in [-0.39, 0.29) is 11.6 Å². The topological polar surface area (TPSA) is 69.0 Å². The summed E-state index contributed by atoms with van der Waals surface area (Å²) in [5, 5.41) is 7.14. The van der Waals surface area contributed by atoms with Crippen molar-refractivity contribution in [1.82, 2.24) is 14.8 Å². The molecule has 0 saturated heterocycles. The van der Waals surface area contributed by atoms with Crippen molar-refractivity contribution in [2.24, 2.45) is 0 Å². The predicted molar refractivity (Wildman–Crippen MR) is 108 cm³/mol. The SMILES string of the molecule is COc1ccccc1NC(=O)c1nc(-c2ccccc2)n(-c2ccc(F)cc2)n1. The van der Waals surface area contributed by atoms with Crippen LogP contribution in [0.1, 0.15) is 10.6 Å². The maximum Gasteiger partial charge on any atom is 0.295 e. The zero-order valence-corrected chi connectivity index (χ0v) is 15.5. The van der Waals surface area contributed by atoms with Crippen molar-refractivity contribution in [2.45, 2.75) is 0 Å². The van der Waals surface area contributed by atoms with E-state index in [1.165, 1.54) is 23.9 Å².